The minimum absolute atomic E-state index is 0.0116. The van der Waals surface area contributed by atoms with E-state index in [-0.39, 0.29) is 4.90 Å². The lowest BCUT2D eigenvalue weighted by Gasteiger charge is -2.18. The van der Waals surface area contributed by atoms with Crippen molar-refractivity contribution in [2.45, 2.75) is 82.4 Å². The van der Waals surface area contributed by atoms with Gasteiger partial charge in [0.15, 0.2) is 0 Å². The third kappa shape index (κ3) is 6.93. The highest BCUT2D eigenvalue weighted by Crippen LogP contribution is 2.29. The third-order valence-electron chi connectivity index (χ3n) is 4.19. The van der Waals surface area contributed by atoms with Crippen LogP contribution in [0.15, 0.2) is 29.2 Å². The van der Waals surface area contributed by atoms with Crippen molar-refractivity contribution in [2.75, 3.05) is 0 Å². The number of rotatable bonds is 11. The van der Waals surface area contributed by atoms with Gasteiger partial charge < -0.3 is 0 Å². The zero-order chi connectivity index (χ0) is 16.4. The molecule has 0 bridgehead atoms. The van der Waals surface area contributed by atoms with E-state index in [0.29, 0.717) is 5.92 Å². The predicted molar refractivity (Wildman–Crippen MR) is 91.9 cm³/mol. The summed E-state index contributed by atoms with van der Waals surface area (Å²) >= 11 is 0. The molecule has 126 valence electrons. The molecule has 0 radical (unpaired) electrons. The summed E-state index contributed by atoms with van der Waals surface area (Å²) in [6, 6.07) is 6.81. The SMILES string of the molecule is CCCCCCCC(CCCC)c1cccc(S(=O)(=O)O)c1. The lowest BCUT2D eigenvalue weighted by Crippen LogP contribution is -2.03. The van der Waals surface area contributed by atoms with Gasteiger partial charge in [-0.3, -0.25) is 4.55 Å². The second-order valence-electron chi connectivity index (χ2n) is 6.09. The molecule has 3 nitrogen and oxygen atoms in total. The Hall–Kier alpha value is -0.870. The Bertz CT molecular complexity index is 523. The zero-order valence-electron chi connectivity index (χ0n) is 13.9. The van der Waals surface area contributed by atoms with Crippen molar-refractivity contribution in [1.29, 1.82) is 0 Å². The molecule has 0 spiro atoms. The molecule has 1 N–H and O–H groups in total. The van der Waals surface area contributed by atoms with E-state index < -0.39 is 10.1 Å². The molecule has 1 atom stereocenters. The fourth-order valence-corrected chi connectivity index (χ4v) is 3.39. The molecule has 1 unspecified atom stereocenters. The summed E-state index contributed by atoms with van der Waals surface area (Å²) in [6.07, 6.45) is 10.7. The van der Waals surface area contributed by atoms with E-state index >= 15 is 0 Å². The Morgan fingerprint density at radius 1 is 0.955 bits per heavy atom. The van der Waals surface area contributed by atoms with Gasteiger partial charge in [-0.05, 0) is 36.5 Å². The first-order valence-electron chi connectivity index (χ1n) is 8.56. The van der Waals surface area contributed by atoms with Crippen LogP contribution >= 0.6 is 0 Å². The molecular formula is C18H30O3S. The van der Waals surface area contributed by atoms with Gasteiger partial charge in [-0.1, -0.05) is 70.9 Å². The van der Waals surface area contributed by atoms with Crippen LogP contribution in [-0.4, -0.2) is 13.0 Å². The van der Waals surface area contributed by atoms with Crippen molar-refractivity contribution in [3.8, 4) is 0 Å². The lowest BCUT2D eigenvalue weighted by molar-refractivity contribution is 0.481. The van der Waals surface area contributed by atoms with Crippen molar-refractivity contribution in [3.05, 3.63) is 29.8 Å². The summed E-state index contributed by atoms with van der Waals surface area (Å²) < 4.78 is 31.8. The molecule has 22 heavy (non-hydrogen) atoms. The van der Waals surface area contributed by atoms with E-state index in [2.05, 4.69) is 13.8 Å². The molecule has 0 saturated heterocycles. The molecular weight excluding hydrogens is 296 g/mol. The minimum atomic E-state index is -4.11. The van der Waals surface area contributed by atoms with Gasteiger partial charge >= 0.3 is 0 Å². The first-order valence-corrected chi connectivity index (χ1v) is 10.0. The number of benzene rings is 1. The molecule has 0 aliphatic heterocycles. The van der Waals surface area contributed by atoms with Crippen LogP contribution in [0.3, 0.4) is 0 Å². The summed E-state index contributed by atoms with van der Waals surface area (Å²) in [5.74, 6) is 0.392. The van der Waals surface area contributed by atoms with Crippen LogP contribution in [0.1, 0.15) is 83.1 Å². The maximum absolute atomic E-state index is 11.3. The van der Waals surface area contributed by atoms with E-state index in [0.717, 1.165) is 31.2 Å². The summed E-state index contributed by atoms with van der Waals surface area (Å²) in [4.78, 5) is 0.0116. The Morgan fingerprint density at radius 3 is 2.23 bits per heavy atom. The lowest BCUT2D eigenvalue weighted by atomic mass is 9.88. The molecule has 1 aromatic carbocycles. The summed E-state index contributed by atoms with van der Waals surface area (Å²) in [7, 11) is -4.11. The second-order valence-corrected chi connectivity index (χ2v) is 7.51. The number of hydrogen-bond acceptors (Lipinski definition) is 2. The van der Waals surface area contributed by atoms with Gasteiger partial charge in [0, 0.05) is 0 Å². The first-order chi connectivity index (χ1) is 10.5. The van der Waals surface area contributed by atoms with E-state index in [1.807, 2.05) is 6.07 Å². The Balaban J connectivity index is 2.74. The van der Waals surface area contributed by atoms with Crippen molar-refractivity contribution in [1.82, 2.24) is 0 Å². The molecule has 1 rings (SSSR count). The Morgan fingerprint density at radius 2 is 1.59 bits per heavy atom. The fraction of sp³-hybridized carbons (Fsp3) is 0.667. The normalized spacial score (nSPS) is 13.2. The van der Waals surface area contributed by atoms with Crippen molar-refractivity contribution >= 4 is 10.1 Å². The molecule has 1 aromatic rings. The fourth-order valence-electron chi connectivity index (χ4n) is 2.85. The quantitative estimate of drug-likeness (QED) is 0.427. The van der Waals surface area contributed by atoms with Gasteiger partial charge in [0.05, 0.1) is 4.90 Å². The van der Waals surface area contributed by atoms with E-state index in [1.165, 1.54) is 38.2 Å². The summed E-state index contributed by atoms with van der Waals surface area (Å²) in [5, 5.41) is 0. The maximum Gasteiger partial charge on any atom is 0.294 e. The van der Waals surface area contributed by atoms with Gasteiger partial charge in [0.25, 0.3) is 10.1 Å². The molecule has 0 aromatic heterocycles. The smallest absolute Gasteiger partial charge is 0.282 e. The molecule has 0 saturated carbocycles. The van der Waals surface area contributed by atoms with Crippen LogP contribution in [0.4, 0.5) is 0 Å². The summed E-state index contributed by atoms with van der Waals surface area (Å²) in [5.41, 5.74) is 1.04. The number of unbranched alkanes of at least 4 members (excludes halogenated alkanes) is 5. The topological polar surface area (TPSA) is 54.4 Å². The molecule has 0 aliphatic carbocycles. The van der Waals surface area contributed by atoms with Crippen LogP contribution < -0.4 is 0 Å². The third-order valence-corrected chi connectivity index (χ3v) is 5.04. The molecule has 0 heterocycles. The number of hydrogen-bond donors (Lipinski definition) is 1. The Kier molecular flexibility index (Phi) is 8.72. The van der Waals surface area contributed by atoms with Crippen molar-refractivity contribution in [3.63, 3.8) is 0 Å². The van der Waals surface area contributed by atoms with E-state index in [4.69, 9.17) is 0 Å². The standard InChI is InChI=1S/C18H30O3S/c1-3-5-7-8-9-12-16(11-6-4-2)17-13-10-14-18(15-17)22(19,20)21/h10,13-16H,3-9,11-12H2,1-2H3,(H,19,20,21). The van der Waals surface area contributed by atoms with Gasteiger partial charge in [-0.25, -0.2) is 0 Å². The highest BCUT2D eigenvalue weighted by molar-refractivity contribution is 7.85. The predicted octanol–water partition coefficient (Wildman–Crippen LogP) is 5.57. The van der Waals surface area contributed by atoms with Crippen molar-refractivity contribution < 1.29 is 13.0 Å². The monoisotopic (exact) mass is 326 g/mol. The van der Waals surface area contributed by atoms with Gasteiger partial charge in [0.2, 0.25) is 0 Å². The van der Waals surface area contributed by atoms with Gasteiger partial charge in [0.1, 0.15) is 0 Å². The van der Waals surface area contributed by atoms with Gasteiger partial charge in [-0.2, -0.15) is 8.42 Å². The van der Waals surface area contributed by atoms with Crippen LogP contribution in [0.5, 0.6) is 0 Å². The maximum atomic E-state index is 11.3. The van der Waals surface area contributed by atoms with Crippen LogP contribution in [0.25, 0.3) is 0 Å². The summed E-state index contributed by atoms with van der Waals surface area (Å²) in [6.45, 7) is 4.39. The second kappa shape index (κ2) is 10.0. The molecule has 0 aliphatic rings. The van der Waals surface area contributed by atoms with Crippen LogP contribution in [0, 0.1) is 0 Å². The average Bonchev–Trinajstić information content (AvgIpc) is 2.49. The van der Waals surface area contributed by atoms with Crippen molar-refractivity contribution in [2.24, 2.45) is 0 Å². The van der Waals surface area contributed by atoms with Crippen LogP contribution in [0.2, 0.25) is 0 Å². The molecule has 0 amide bonds. The van der Waals surface area contributed by atoms with Gasteiger partial charge in [-0.15, -0.1) is 0 Å². The average molecular weight is 327 g/mol. The highest BCUT2D eigenvalue weighted by atomic mass is 32.2. The Labute approximate surface area is 135 Å². The largest absolute Gasteiger partial charge is 0.294 e. The highest BCUT2D eigenvalue weighted by Gasteiger charge is 2.15. The van der Waals surface area contributed by atoms with E-state index in [1.54, 1.807) is 12.1 Å². The molecule has 4 heteroatoms. The minimum Gasteiger partial charge on any atom is -0.282 e. The zero-order valence-corrected chi connectivity index (χ0v) is 14.7. The molecule has 0 fully saturated rings. The van der Waals surface area contributed by atoms with Crippen LogP contribution in [-0.2, 0) is 10.1 Å². The van der Waals surface area contributed by atoms with E-state index in [9.17, 15) is 13.0 Å². The first kappa shape index (κ1) is 19.2.